The lowest BCUT2D eigenvalue weighted by molar-refractivity contribution is -0.140. The van der Waals surface area contributed by atoms with Crippen molar-refractivity contribution in [3.8, 4) is 0 Å². The molecular formula is C15H29N5O5. The average molecular weight is 359 g/mol. The number of hydrogen-bond donors (Lipinski definition) is 3. The number of nitrogens with zero attached hydrogens (tertiary/aromatic N) is 4. The van der Waals surface area contributed by atoms with Crippen molar-refractivity contribution in [2.75, 3.05) is 79.0 Å². The molecule has 0 saturated carbocycles. The van der Waals surface area contributed by atoms with E-state index < -0.39 is 17.8 Å². The first-order chi connectivity index (χ1) is 11.8. The lowest BCUT2D eigenvalue weighted by Gasteiger charge is -2.31. The second-order valence-electron chi connectivity index (χ2n) is 6.39. The van der Waals surface area contributed by atoms with Gasteiger partial charge in [0.2, 0.25) is 5.91 Å². The zero-order chi connectivity index (χ0) is 18.8. The van der Waals surface area contributed by atoms with E-state index in [1.165, 1.54) is 0 Å². The molecule has 1 rings (SSSR count). The molecule has 10 nitrogen and oxygen atoms in total. The van der Waals surface area contributed by atoms with Crippen molar-refractivity contribution in [3.05, 3.63) is 0 Å². The third kappa shape index (κ3) is 9.97. The predicted octanol–water partition coefficient (Wildman–Crippen LogP) is -2.51. The van der Waals surface area contributed by atoms with Crippen LogP contribution in [0.1, 0.15) is 0 Å². The van der Waals surface area contributed by atoms with Gasteiger partial charge in [0.25, 0.3) is 0 Å². The topological polar surface area (TPSA) is 131 Å². The van der Waals surface area contributed by atoms with Gasteiger partial charge in [-0.1, -0.05) is 0 Å². The summed E-state index contributed by atoms with van der Waals surface area (Å²) in [7, 11) is 1.95. The number of carboxylic acids is 2. The molecule has 0 radical (unpaired) electrons. The molecule has 0 aromatic rings. The molecule has 10 heteroatoms. The van der Waals surface area contributed by atoms with Crippen LogP contribution in [0.3, 0.4) is 0 Å². The maximum Gasteiger partial charge on any atom is 0.317 e. The number of carboxylic acid groups (broad SMARTS) is 2. The highest BCUT2D eigenvalue weighted by Crippen LogP contribution is 1.99. The Balaban J connectivity index is 2.76. The third-order valence-electron chi connectivity index (χ3n) is 4.16. The summed E-state index contributed by atoms with van der Waals surface area (Å²) in [5, 5.41) is 18.1. The summed E-state index contributed by atoms with van der Waals surface area (Å²) < 4.78 is 0. The van der Waals surface area contributed by atoms with E-state index in [1.807, 2.05) is 16.8 Å². The van der Waals surface area contributed by atoms with E-state index in [0.29, 0.717) is 52.4 Å². The van der Waals surface area contributed by atoms with E-state index in [9.17, 15) is 14.4 Å². The van der Waals surface area contributed by atoms with E-state index in [1.54, 1.807) is 4.90 Å². The number of aliphatic carboxylic acids is 2. The molecule has 1 aliphatic heterocycles. The van der Waals surface area contributed by atoms with Crippen LogP contribution < -0.4 is 5.73 Å². The number of carbonyl (C=O) groups is 3. The van der Waals surface area contributed by atoms with E-state index in [2.05, 4.69) is 4.90 Å². The molecule has 1 saturated heterocycles. The largest absolute Gasteiger partial charge is 0.480 e. The normalized spacial score (nSPS) is 20.5. The highest BCUT2D eigenvalue weighted by Gasteiger charge is 2.18. The van der Waals surface area contributed by atoms with Gasteiger partial charge in [0.1, 0.15) is 0 Å². The summed E-state index contributed by atoms with van der Waals surface area (Å²) in [6.45, 7) is 4.51. The number of carbonyl (C=O) groups excluding carboxylic acids is 1. The van der Waals surface area contributed by atoms with Gasteiger partial charge in [0, 0.05) is 52.4 Å². The van der Waals surface area contributed by atoms with Gasteiger partial charge in [0.15, 0.2) is 0 Å². The molecule has 1 aliphatic rings. The molecule has 1 heterocycles. The van der Waals surface area contributed by atoms with Gasteiger partial charge in [0.05, 0.1) is 19.6 Å². The quantitative estimate of drug-likeness (QED) is 0.471. The fourth-order valence-corrected chi connectivity index (χ4v) is 2.71. The first kappa shape index (κ1) is 21.3. The van der Waals surface area contributed by atoms with Crippen LogP contribution in [0, 0.1) is 0 Å². The molecule has 25 heavy (non-hydrogen) atoms. The highest BCUT2D eigenvalue weighted by atomic mass is 16.4. The molecule has 0 bridgehead atoms. The van der Waals surface area contributed by atoms with Crippen molar-refractivity contribution in [1.82, 2.24) is 19.6 Å². The molecular weight excluding hydrogens is 330 g/mol. The zero-order valence-corrected chi connectivity index (χ0v) is 14.8. The Morgan fingerprint density at radius 2 is 1.04 bits per heavy atom. The Hall–Kier alpha value is -1.75. The van der Waals surface area contributed by atoms with Crippen molar-refractivity contribution in [2.45, 2.75) is 0 Å². The SMILES string of the molecule is CN1CCN(CC(N)=O)CCN(CC(=O)O)CCN(CC(=O)O)CC1. The van der Waals surface area contributed by atoms with Crippen LogP contribution in [0.15, 0.2) is 0 Å². The fraction of sp³-hybridized carbons (Fsp3) is 0.800. The van der Waals surface area contributed by atoms with Crippen molar-refractivity contribution >= 4 is 17.8 Å². The predicted molar refractivity (Wildman–Crippen MR) is 91.3 cm³/mol. The van der Waals surface area contributed by atoms with Gasteiger partial charge in [-0.15, -0.1) is 0 Å². The Labute approximate surface area is 147 Å². The van der Waals surface area contributed by atoms with Gasteiger partial charge in [-0.2, -0.15) is 0 Å². The van der Waals surface area contributed by atoms with E-state index in [-0.39, 0.29) is 19.6 Å². The van der Waals surface area contributed by atoms with Crippen LogP contribution in [-0.2, 0) is 14.4 Å². The van der Waals surface area contributed by atoms with Gasteiger partial charge in [-0.25, -0.2) is 0 Å². The molecule has 1 fully saturated rings. The first-order valence-corrected chi connectivity index (χ1v) is 8.33. The monoisotopic (exact) mass is 359 g/mol. The van der Waals surface area contributed by atoms with Crippen molar-refractivity contribution in [3.63, 3.8) is 0 Å². The first-order valence-electron chi connectivity index (χ1n) is 8.33. The second-order valence-corrected chi connectivity index (χ2v) is 6.39. The molecule has 144 valence electrons. The Morgan fingerprint density at radius 3 is 1.36 bits per heavy atom. The molecule has 1 amide bonds. The minimum atomic E-state index is -0.932. The van der Waals surface area contributed by atoms with Crippen LogP contribution >= 0.6 is 0 Å². The van der Waals surface area contributed by atoms with E-state index in [4.69, 9.17) is 15.9 Å². The lowest BCUT2D eigenvalue weighted by atomic mass is 10.3. The summed E-state index contributed by atoms with van der Waals surface area (Å²) in [5.41, 5.74) is 5.29. The number of likely N-dealkylation sites (N-methyl/N-ethyl adjacent to an activating group) is 1. The Morgan fingerprint density at radius 1 is 0.720 bits per heavy atom. The summed E-state index contributed by atoms with van der Waals surface area (Å²) in [4.78, 5) is 40.9. The molecule has 4 N–H and O–H groups in total. The van der Waals surface area contributed by atoms with Gasteiger partial charge >= 0.3 is 11.9 Å². The number of nitrogens with two attached hydrogens (primary N) is 1. The molecule has 0 atom stereocenters. The number of amides is 1. The summed E-state index contributed by atoms with van der Waals surface area (Å²) in [6, 6.07) is 0. The standard InChI is InChI=1S/C15H29N5O5/c1-17-2-4-18(10-13(16)21)6-7-20(12-15(24)25)9-8-19(5-3-17)11-14(22)23/h2-12H2,1H3,(H2,16,21)(H,22,23)(H,24,25). The minimum absolute atomic E-state index is 0.0669. The summed E-state index contributed by atoms with van der Waals surface area (Å²) in [6.07, 6.45) is 0. The van der Waals surface area contributed by atoms with Crippen molar-refractivity contribution in [2.24, 2.45) is 5.73 Å². The highest BCUT2D eigenvalue weighted by molar-refractivity contribution is 5.75. The lowest BCUT2D eigenvalue weighted by Crippen LogP contribution is -2.48. The molecule has 0 spiro atoms. The molecule has 0 unspecified atom stereocenters. The van der Waals surface area contributed by atoms with Crippen LogP contribution in [0.5, 0.6) is 0 Å². The van der Waals surface area contributed by atoms with E-state index in [0.717, 1.165) is 0 Å². The van der Waals surface area contributed by atoms with Crippen LogP contribution in [0.2, 0.25) is 0 Å². The summed E-state index contributed by atoms with van der Waals surface area (Å²) in [5.74, 6) is -2.24. The third-order valence-corrected chi connectivity index (χ3v) is 4.16. The molecule has 0 aromatic carbocycles. The summed E-state index contributed by atoms with van der Waals surface area (Å²) >= 11 is 0. The number of rotatable bonds is 6. The van der Waals surface area contributed by atoms with Crippen molar-refractivity contribution < 1.29 is 24.6 Å². The maximum atomic E-state index is 11.2. The van der Waals surface area contributed by atoms with Crippen LogP contribution in [-0.4, -0.2) is 127 Å². The van der Waals surface area contributed by atoms with Crippen LogP contribution in [0.25, 0.3) is 0 Å². The Bertz CT molecular complexity index is 430. The van der Waals surface area contributed by atoms with Gasteiger partial charge in [-0.05, 0) is 7.05 Å². The van der Waals surface area contributed by atoms with E-state index >= 15 is 0 Å². The number of hydrogen-bond acceptors (Lipinski definition) is 7. The molecule has 0 aromatic heterocycles. The fourth-order valence-electron chi connectivity index (χ4n) is 2.71. The van der Waals surface area contributed by atoms with Crippen molar-refractivity contribution in [1.29, 1.82) is 0 Å². The van der Waals surface area contributed by atoms with Gasteiger partial charge < -0.3 is 20.8 Å². The number of primary amides is 1. The smallest absolute Gasteiger partial charge is 0.317 e. The minimum Gasteiger partial charge on any atom is -0.480 e. The van der Waals surface area contributed by atoms with Crippen LogP contribution in [0.4, 0.5) is 0 Å². The Kier molecular flexibility index (Phi) is 9.35. The maximum absolute atomic E-state index is 11.2. The van der Waals surface area contributed by atoms with Gasteiger partial charge in [-0.3, -0.25) is 29.1 Å². The molecule has 0 aliphatic carbocycles. The second kappa shape index (κ2) is 11.0. The average Bonchev–Trinajstić information content (AvgIpc) is 2.49. The zero-order valence-electron chi connectivity index (χ0n) is 14.8.